The first-order valence-electron chi connectivity index (χ1n) is 23.3. The third-order valence-corrected chi connectivity index (χ3v) is 19.6. The van der Waals surface area contributed by atoms with Crippen molar-refractivity contribution in [3.8, 4) is 56.0 Å². The summed E-state index contributed by atoms with van der Waals surface area (Å²) in [6.07, 6.45) is 7.11. The minimum Gasteiger partial charge on any atom is -0.457 e. The maximum absolute atomic E-state index is 7.10. The molecular weight excluding hydrogens is 779 g/mol. The van der Waals surface area contributed by atoms with Crippen LogP contribution in [0, 0.1) is 23.7 Å². The molecule has 0 atom stereocenters. The SMILES string of the molecule is C[Si]1(C)c2ccc(N(c3ccc(-c4ccccc4)cc3)c3ccc(-c4ccccc4)cc3)cc2Oc2cccc(-c3ccc4c(c3)-c3ccccc3C43C4CC5CC(C4)CC3C5)c21. The lowest BCUT2D eigenvalue weighted by Gasteiger charge is -2.61. The molecule has 306 valence electrons. The second-order valence-corrected chi connectivity index (χ2v) is 24.0. The highest BCUT2D eigenvalue weighted by Gasteiger charge is 2.61. The minimum absolute atomic E-state index is 0.184. The van der Waals surface area contributed by atoms with Gasteiger partial charge in [0.05, 0.1) is 0 Å². The molecule has 0 amide bonds. The van der Waals surface area contributed by atoms with Crippen molar-refractivity contribution < 1.29 is 4.74 Å². The molecule has 63 heavy (non-hydrogen) atoms. The Morgan fingerprint density at radius 2 is 0.952 bits per heavy atom. The van der Waals surface area contributed by atoms with E-state index in [1.54, 1.807) is 11.1 Å². The van der Waals surface area contributed by atoms with E-state index in [1.165, 1.54) is 87.0 Å². The van der Waals surface area contributed by atoms with Gasteiger partial charge in [0.1, 0.15) is 19.6 Å². The summed E-state index contributed by atoms with van der Waals surface area (Å²) in [5.41, 5.74) is 17.1. The number of hydrogen-bond donors (Lipinski definition) is 0. The Balaban J connectivity index is 0.885. The fraction of sp³-hybridized carbons (Fsp3) is 0.200. The van der Waals surface area contributed by atoms with Crippen LogP contribution in [0.2, 0.25) is 13.1 Å². The number of rotatable bonds is 6. The molecule has 1 spiro atoms. The van der Waals surface area contributed by atoms with E-state index >= 15 is 0 Å². The summed E-state index contributed by atoms with van der Waals surface area (Å²) in [5, 5.41) is 2.73. The largest absolute Gasteiger partial charge is 0.457 e. The van der Waals surface area contributed by atoms with Crippen LogP contribution in [0.25, 0.3) is 44.5 Å². The number of fused-ring (bicyclic) bond motifs is 5. The van der Waals surface area contributed by atoms with Gasteiger partial charge in [-0.25, -0.2) is 0 Å². The van der Waals surface area contributed by atoms with E-state index in [9.17, 15) is 0 Å². The summed E-state index contributed by atoms with van der Waals surface area (Å²) in [7, 11) is -2.27. The normalized spacial score (nSPS) is 22.8. The molecule has 1 aliphatic heterocycles. The molecule has 4 fully saturated rings. The number of benzene rings is 8. The number of anilines is 3. The van der Waals surface area contributed by atoms with Gasteiger partial charge >= 0.3 is 0 Å². The van der Waals surface area contributed by atoms with Crippen LogP contribution in [0.1, 0.15) is 43.2 Å². The Labute approximate surface area is 372 Å². The molecule has 0 N–H and O–H groups in total. The zero-order valence-electron chi connectivity index (χ0n) is 36.1. The Hall–Kier alpha value is -6.42. The molecule has 0 saturated heterocycles. The van der Waals surface area contributed by atoms with Crippen molar-refractivity contribution >= 4 is 35.5 Å². The van der Waals surface area contributed by atoms with Crippen LogP contribution in [0.5, 0.6) is 11.5 Å². The van der Waals surface area contributed by atoms with Gasteiger partial charge in [0, 0.05) is 28.5 Å². The van der Waals surface area contributed by atoms with Crippen LogP contribution in [-0.2, 0) is 5.41 Å². The molecule has 0 radical (unpaired) electrons. The molecule has 8 aromatic carbocycles. The molecule has 5 aliphatic carbocycles. The molecule has 3 heteroatoms. The lowest BCUT2D eigenvalue weighted by Crippen LogP contribution is -2.56. The third kappa shape index (κ3) is 5.61. The maximum atomic E-state index is 7.10. The smallest absolute Gasteiger partial charge is 0.129 e. The molecule has 1 heterocycles. The van der Waals surface area contributed by atoms with Gasteiger partial charge in [-0.2, -0.15) is 0 Å². The standard InChI is InChI=1S/C60H51NOSi/c1-63(2)58-31-29-50(61(48-25-20-43(21-26-48)41-12-5-3-6-13-41)49-27-22-44(23-28-49)42-14-7-4-8-15-42)38-57(58)62-56-19-11-17-51(59(56)63)45-24-30-55-53(37-45)52-16-9-10-18-54(52)60(55)46-33-39-32-40(35-46)36-47(60)34-39/h3-31,37-40,46-47H,32-36H2,1-2H3. The zero-order valence-corrected chi connectivity index (χ0v) is 37.1. The Morgan fingerprint density at radius 3 is 1.59 bits per heavy atom. The molecular formula is C60H51NOSi. The quantitative estimate of drug-likeness (QED) is 0.155. The zero-order chi connectivity index (χ0) is 41.9. The molecule has 14 rings (SSSR count). The molecule has 2 nitrogen and oxygen atoms in total. The molecule has 4 saturated carbocycles. The van der Waals surface area contributed by atoms with Crippen molar-refractivity contribution in [1.82, 2.24) is 0 Å². The van der Waals surface area contributed by atoms with Gasteiger partial charge < -0.3 is 9.64 Å². The van der Waals surface area contributed by atoms with E-state index < -0.39 is 8.07 Å². The summed E-state index contributed by atoms with van der Waals surface area (Å²) < 4.78 is 7.10. The highest BCUT2D eigenvalue weighted by molar-refractivity contribution is 7.02. The van der Waals surface area contributed by atoms with Crippen molar-refractivity contribution in [1.29, 1.82) is 0 Å². The van der Waals surface area contributed by atoms with Crippen molar-refractivity contribution in [2.75, 3.05) is 4.90 Å². The van der Waals surface area contributed by atoms with Gasteiger partial charge in [-0.05, 0) is 164 Å². The summed E-state index contributed by atoms with van der Waals surface area (Å²) in [6, 6.07) is 70.0. The van der Waals surface area contributed by atoms with Crippen LogP contribution < -0.4 is 20.0 Å². The summed E-state index contributed by atoms with van der Waals surface area (Å²) in [5.74, 6) is 5.38. The Bertz CT molecular complexity index is 2950. The highest BCUT2D eigenvalue weighted by Crippen LogP contribution is 2.69. The van der Waals surface area contributed by atoms with Crippen LogP contribution in [-0.4, -0.2) is 8.07 Å². The molecule has 6 aliphatic rings. The van der Waals surface area contributed by atoms with Crippen LogP contribution in [0.4, 0.5) is 17.1 Å². The molecule has 4 bridgehead atoms. The second-order valence-electron chi connectivity index (χ2n) is 19.7. The van der Waals surface area contributed by atoms with E-state index in [0.29, 0.717) is 0 Å². The van der Waals surface area contributed by atoms with Gasteiger partial charge in [-0.1, -0.05) is 153 Å². The van der Waals surface area contributed by atoms with E-state index in [0.717, 1.165) is 52.2 Å². The lowest BCUT2D eigenvalue weighted by molar-refractivity contribution is -0.0399. The molecule has 8 aromatic rings. The summed E-state index contributed by atoms with van der Waals surface area (Å²) in [6.45, 7) is 5.04. The first kappa shape index (κ1) is 37.2. The van der Waals surface area contributed by atoms with Gasteiger partial charge in [0.25, 0.3) is 0 Å². The molecule has 0 unspecified atom stereocenters. The van der Waals surface area contributed by atoms with E-state index in [-0.39, 0.29) is 5.41 Å². The van der Waals surface area contributed by atoms with Gasteiger partial charge in [-0.3, -0.25) is 0 Å². The van der Waals surface area contributed by atoms with Crippen LogP contribution >= 0.6 is 0 Å². The first-order valence-corrected chi connectivity index (χ1v) is 26.3. The monoisotopic (exact) mass is 829 g/mol. The lowest BCUT2D eigenvalue weighted by atomic mass is 9.43. The summed E-state index contributed by atoms with van der Waals surface area (Å²) >= 11 is 0. The number of hydrogen-bond acceptors (Lipinski definition) is 2. The molecule has 0 aromatic heterocycles. The average Bonchev–Trinajstić information content (AvgIpc) is 3.61. The van der Waals surface area contributed by atoms with Crippen LogP contribution in [0.3, 0.4) is 0 Å². The van der Waals surface area contributed by atoms with Crippen LogP contribution in [0.15, 0.2) is 188 Å². The predicted octanol–water partition coefficient (Wildman–Crippen LogP) is 14.8. The van der Waals surface area contributed by atoms with Crippen molar-refractivity contribution in [2.24, 2.45) is 23.7 Å². The highest BCUT2D eigenvalue weighted by atomic mass is 28.3. The summed E-state index contributed by atoms with van der Waals surface area (Å²) in [4.78, 5) is 2.37. The van der Waals surface area contributed by atoms with E-state index in [4.69, 9.17) is 4.74 Å². The fourth-order valence-corrected chi connectivity index (χ4v) is 16.8. The second kappa shape index (κ2) is 14.0. The van der Waals surface area contributed by atoms with Gasteiger partial charge in [-0.15, -0.1) is 0 Å². The fourth-order valence-electron chi connectivity index (χ4n) is 13.6. The van der Waals surface area contributed by atoms with E-state index in [2.05, 4.69) is 206 Å². The topological polar surface area (TPSA) is 12.5 Å². The number of ether oxygens (including phenoxy) is 1. The van der Waals surface area contributed by atoms with Gasteiger partial charge in [0.15, 0.2) is 0 Å². The van der Waals surface area contributed by atoms with Crippen molar-refractivity contribution in [3.63, 3.8) is 0 Å². The Morgan fingerprint density at radius 1 is 0.429 bits per heavy atom. The van der Waals surface area contributed by atoms with Gasteiger partial charge in [0.2, 0.25) is 0 Å². The predicted molar refractivity (Wildman–Crippen MR) is 264 cm³/mol. The minimum atomic E-state index is -2.27. The maximum Gasteiger partial charge on any atom is 0.129 e. The first-order chi connectivity index (χ1) is 30.9. The number of nitrogens with zero attached hydrogens (tertiary/aromatic N) is 1. The average molecular weight is 830 g/mol. The van der Waals surface area contributed by atoms with Crippen molar-refractivity contribution in [2.45, 2.75) is 50.6 Å². The Kier molecular flexibility index (Phi) is 8.28. The van der Waals surface area contributed by atoms with Crippen molar-refractivity contribution in [3.05, 3.63) is 199 Å². The van der Waals surface area contributed by atoms with E-state index in [1.807, 2.05) is 0 Å². The third-order valence-electron chi connectivity index (χ3n) is 16.1.